The molecule has 2 aliphatic heterocycles. The van der Waals surface area contributed by atoms with E-state index in [-0.39, 0.29) is 23.8 Å². The van der Waals surface area contributed by atoms with E-state index in [4.69, 9.17) is 14.2 Å². The first-order valence-electron chi connectivity index (χ1n) is 10.6. The van der Waals surface area contributed by atoms with Gasteiger partial charge in [0.1, 0.15) is 11.3 Å². The standard InChI is InChI=1S/C21H30FN3O6/c1-21(2,3)31-20(26)23-16-13-17(15(22)12-18(16)25(27)28)24-9-7-14(8-10-24)30-19-6-4-5-11-29-19/h12-14,19H,4-11H2,1-3H3,(H,23,26). The van der Waals surface area contributed by atoms with E-state index in [1.807, 2.05) is 0 Å². The fourth-order valence-electron chi connectivity index (χ4n) is 3.72. The molecular weight excluding hydrogens is 409 g/mol. The van der Waals surface area contributed by atoms with Gasteiger partial charge in [-0.05, 0) is 58.9 Å². The van der Waals surface area contributed by atoms with Gasteiger partial charge in [0.2, 0.25) is 0 Å². The van der Waals surface area contributed by atoms with Gasteiger partial charge in [-0.2, -0.15) is 0 Å². The van der Waals surface area contributed by atoms with Crippen LogP contribution in [0.25, 0.3) is 0 Å². The number of ether oxygens (including phenoxy) is 3. The largest absolute Gasteiger partial charge is 0.444 e. The Morgan fingerprint density at radius 3 is 2.55 bits per heavy atom. The van der Waals surface area contributed by atoms with Crippen molar-refractivity contribution >= 4 is 23.2 Å². The minimum absolute atomic E-state index is 0.0276. The van der Waals surface area contributed by atoms with E-state index in [2.05, 4.69) is 5.32 Å². The first-order valence-corrected chi connectivity index (χ1v) is 10.6. The third-order valence-electron chi connectivity index (χ3n) is 5.16. The second-order valence-electron chi connectivity index (χ2n) is 8.82. The average Bonchev–Trinajstić information content (AvgIpc) is 2.69. The number of anilines is 2. The molecule has 2 aliphatic rings. The monoisotopic (exact) mass is 439 g/mol. The zero-order valence-electron chi connectivity index (χ0n) is 18.2. The van der Waals surface area contributed by atoms with Gasteiger partial charge in [0.15, 0.2) is 12.1 Å². The highest BCUT2D eigenvalue weighted by molar-refractivity contribution is 5.89. The Bertz CT molecular complexity index is 799. The maximum absolute atomic E-state index is 14.7. The number of nitro benzene ring substituents is 1. The zero-order valence-corrected chi connectivity index (χ0v) is 18.2. The van der Waals surface area contributed by atoms with Gasteiger partial charge in [-0.3, -0.25) is 15.4 Å². The summed E-state index contributed by atoms with van der Waals surface area (Å²) in [6.07, 6.45) is 3.41. The number of carbonyl (C=O) groups is 1. The lowest BCUT2D eigenvalue weighted by molar-refractivity contribution is -0.384. The Labute approximate surface area is 181 Å². The van der Waals surface area contributed by atoms with Gasteiger partial charge in [0.25, 0.3) is 5.69 Å². The Morgan fingerprint density at radius 1 is 1.26 bits per heavy atom. The van der Waals surface area contributed by atoms with E-state index in [9.17, 15) is 19.3 Å². The first-order chi connectivity index (χ1) is 14.6. The zero-order chi connectivity index (χ0) is 22.6. The van der Waals surface area contributed by atoms with Crippen LogP contribution in [0.4, 0.5) is 26.2 Å². The normalized spacial score (nSPS) is 20.4. The van der Waals surface area contributed by atoms with E-state index in [0.717, 1.165) is 25.3 Å². The highest BCUT2D eigenvalue weighted by Gasteiger charge is 2.28. The molecule has 3 rings (SSSR count). The molecule has 2 saturated heterocycles. The maximum atomic E-state index is 14.7. The van der Waals surface area contributed by atoms with Crippen molar-refractivity contribution in [2.24, 2.45) is 0 Å². The van der Waals surface area contributed by atoms with Crippen molar-refractivity contribution in [1.29, 1.82) is 0 Å². The fraction of sp³-hybridized carbons (Fsp3) is 0.667. The minimum atomic E-state index is -0.840. The molecule has 1 aromatic rings. The molecule has 0 aliphatic carbocycles. The Balaban J connectivity index is 1.69. The topological polar surface area (TPSA) is 103 Å². The molecule has 31 heavy (non-hydrogen) atoms. The van der Waals surface area contributed by atoms with E-state index >= 15 is 0 Å². The van der Waals surface area contributed by atoms with Gasteiger partial charge >= 0.3 is 6.09 Å². The van der Waals surface area contributed by atoms with Crippen LogP contribution < -0.4 is 10.2 Å². The number of rotatable bonds is 5. The summed E-state index contributed by atoms with van der Waals surface area (Å²) in [7, 11) is 0. The number of hydrogen-bond acceptors (Lipinski definition) is 7. The van der Waals surface area contributed by atoms with Crippen LogP contribution in [0.1, 0.15) is 52.9 Å². The van der Waals surface area contributed by atoms with Crippen molar-refractivity contribution in [2.45, 2.75) is 70.9 Å². The number of piperidine rings is 1. The van der Waals surface area contributed by atoms with Crippen LogP contribution in [0.3, 0.4) is 0 Å². The van der Waals surface area contributed by atoms with Crippen molar-refractivity contribution in [1.82, 2.24) is 0 Å². The van der Waals surface area contributed by atoms with Crippen LogP contribution in [0, 0.1) is 15.9 Å². The summed E-state index contributed by atoms with van der Waals surface area (Å²) >= 11 is 0. The number of hydrogen-bond donors (Lipinski definition) is 1. The second-order valence-corrected chi connectivity index (χ2v) is 8.82. The van der Waals surface area contributed by atoms with Crippen LogP contribution in [-0.4, -0.2) is 48.7 Å². The smallest absolute Gasteiger partial charge is 0.412 e. The molecule has 0 radical (unpaired) electrons. The molecule has 1 unspecified atom stereocenters. The van der Waals surface area contributed by atoms with Crippen LogP contribution in [0.5, 0.6) is 0 Å². The van der Waals surface area contributed by atoms with Crippen molar-refractivity contribution in [3.8, 4) is 0 Å². The van der Waals surface area contributed by atoms with Gasteiger partial charge in [0, 0.05) is 19.7 Å². The molecule has 1 atom stereocenters. The average molecular weight is 439 g/mol. The van der Waals surface area contributed by atoms with Crippen LogP contribution in [0.15, 0.2) is 12.1 Å². The quantitative estimate of drug-likeness (QED) is 0.528. The van der Waals surface area contributed by atoms with E-state index in [1.165, 1.54) is 6.07 Å². The molecule has 1 amide bonds. The predicted octanol–water partition coefficient (Wildman–Crippen LogP) is 4.59. The summed E-state index contributed by atoms with van der Waals surface area (Å²) in [5, 5.41) is 13.7. The molecule has 0 bridgehead atoms. The molecule has 0 aromatic heterocycles. The van der Waals surface area contributed by atoms with Gasteiger partial charge in [-0.15, -0.1) is 0 Å². The first kappa shape index (κ1) is 23.2. The summed E-state index contributed by atoms with van der Waals surface area (Å²) in [4.78, 5) is 24.6. The van der Waals surface area contributed by atoms with Gasteiger partial charge in [-0.25, -0.2) is 9.18 Å². The van der Waals surface area contributed by atoms with Gasteiger partial charge in [-0.1, -0.05) is 0 Å². The van der Waals surface area contributed by atoms with E-state index < -0.39 is 28.1 Å². The maximum Gasteiger partial charge on any atom is 0.412 e. The second kappa shape index (κ2) is 9.78. The number of nitro groups is 1. The lowest BCUT2D eigenvalue weighted by Gasteiger charge is -2.36. The van der Waals surface area contributed by atoms with Crippen molar-refractivity contribution in [3.05, 3.63) is 28.1 Å². The Kier molecular flexibility index (Phi) is 7.32. The van der Waals surface area contributed by atoms with Crippen molar-refractivity contribution in [3.63, 3.8) is 0 Å². The number of nitrogens with zero attached hydrogens (tertiary/aromatic N) is 2. The fourth-order valence-corrected chi connectivity index (χ4v) is 3.72. The number of amides is 1. The number of benzene rings is 1. The predicted molar refractivity (Wildman–Crippen MR) is 113 cm³/mol. The summed E-state index contributed by atoms with van der Waals surface area (Å²) in [5.41, 5.74) is -1.21. The minimum Gasteiger partial charge on any atom is -0.444 e. The summed E-state index contributed by atoms with van der Waals surface area (Å²) < 4.78 is 31.5. The Morgan fingerprint density at radius 2 is 1.97 bits per heavy atom. The van der Waals surface area contributed by atoms with Crippen molar-refractivity contribution in [2.75, 3.05) is 29.9 Å². The van der Waals surface area contributed by atoms with Crippen molar-refractivity contribution < 1.29 is 28.3 Å². The molecule has 1 N–H and O–H groups in total. The number of nitrogens with one attached hydrogen (secondary N) is 1. The van der Waals surface area contributed by atoms with E-state index in [0.29, 0.717) is 32.5 Å². The number of carbonyl (C=O) groups excluding carboxylic acids is 1. The van der Waals surface area contributed by atoms with Gasteiger partial charge in [0.05, 0.1) is 22.8 Å². The third kappa shape index (κ3) is 6.51. The molecule has 2 heterocycles. The van der Waals surface area contributed by atoms with Crippen LogP contribution >= 0.6 is 0 Å². The molecule has 10 heteroatoms. The number of halogens is 1. The van der Waals surface area contributed by atoms with Crippen LogP contribution in [0.2, 0.25) is 0 Å². The third-order valence-corrected chi connectivity index (χ3v) is 5.16. The summed E-state index contributed by atoms with van der Waals surface area (Å²) in [6.45, 7) is 6.81. The lowest BCUT2D eigenvalue weighted by atomic mass is 10.1. The Hall–Kier alpha value is -2.46. The molecule has 9 nitrogen and oxygen atoms in total. The summed E-state index contributed by atoms with van der Waals surface area (Å²) in [6, 6.07) is 2.13. The van der Waals surface area contributed by atoms with Gasteiger partial charge < -0.3 is 19.1 Å². The highest BCUT2D eigenvalue weighted by atomic mass is 19.1. The molecule has 2 fully saturated rings. The molecule has 0 spiro atoms. The SMILES string of the molecule is CC(C)(C)OC(=O)Nc1cc(N2CCC(OC3CCCCO3)CC2)c(F)cc1[N+](=O)[O-]. The highest BCUT2D eigenvalue weighted by Crippen LogP contribution is 2.34. The molecule has 1 aromatic carbocycles. The lowest BCUT2D eigenvalue weighted by Crippen LogP contribution is -2.40. The van der Waals surface area contributed by atoms with E-state index in [1.54, 1.807) is 25.7 Å². The molecule has 0 saturated carbocycles. The molecular formula is C21H30FN3O6. The summed E-state index contributed by atoms with van der Waals surface area (Å²) in [5.74, 6) is -0.712. The molecule has 172 valence electrons. The van der Waals surface area contributed by atoms with Crippen LogP contribution in [-0.2, 0) is 14.2 Å².